The van der Waals surface area contributed by atoms with Gasteiger partial charge in [-0.15, -0.1) is 0 Å². The molecule has 5 nitrogen and oxygen atoms in total. The van der Waals surface area contributed by atoms with Crippen LogP contribution in [0.3, 0.4) is 0 Å². The first-order valence-electron chi connectivity index (χ1n) is 4.77. The van der Waals surface area contributed by atoms with Gasteiger partial charge in [-0.1, -0.05) is 11.6 Å². The van der Waals surface area contributed by atoms with E-state index in [1.165, 1.54) is 19.1 Å². The van der Waals surface area contributed by atoms with E-state index in [0.29, 0.717) is 16.5 Å². The normalized spacial score (nSPS) is 9.82. The second-order valence-corrected chi connectivity index (χ2v) is 3.75. The van der Waals surface area contributed by atoms with Gasteiger partial charge in [0, 0.05) is 13.1 Å². The number of ether oxygens (including phenoxy) is 1. The quantitative estimate of drug-likeness (QED) is 0.835. The lowest BCUT2D eigenvalue weighted by molar-refractivity contribution is -0.140. The summed E-state index contributed by atoms with van der Waals surface area (Å²) in [5, 5.41) is 8.86. The molecule has 1 aromatic rings. The molecule has 0 saturated carbocycles. The predicted molar refractivity (Wildman–Crippen MR) is 63.7 cm³/mol. The summed E-state index contributed by atoms with van der Waals surface area (Å²) in [4.78, 5) is 23.2. The number of nitrogens with zero attached hydrogens (tertiary/aromatic N) is 1. The molecular formula is C11H12ClNO4. The summed E-state index contributed by atoms with van der Waals surface area (Å²) in [6, 6.07) is 4.80. The molecule has 92 valence electrons. The molecule has 1 amide bonds. The van der Waals surface area contributed by atoms with E-state index in [-0.39, 0.29) is 0 Å². The van der Waals surface area contributed by atoms with Gasteiger partial charge in [-0.25, -0.2) is 0 Å². The number of aliphatic carboxylic acids is 1. The smallest absolute Gasteiger partial charge is 0.312 e. The molecule has 1 rings (SSSR count). The zero-order chi connectivity index (χ0) is 13.0. The fraction of sp³-hybridized carbons (Fsp3) is 0.273. The summed E-state index contributed by atoms with van der Waals surface area (Å²) < 4.78 is 4.97. The number of carboxylic acid groups (broad SMARTS) is 1. The largest absolute Gasteiger partial charge is 0.497 e. The minimum atomic E-state index is -1.17. The first kappa shape index (κ1) is 13.3. The van der Waals surface area contributed by atoms with E-state index in [1.807, 2.05) is 0 Å². The Hall–Kier alpha value is -1.75. The maximum Gasteiger partial charge on any atom is 0.312 e. The number of carbonyl (C=O) groups is 2. The van der Waals surface area contributed by atoms with Crippen molar-refractivity contribution in [2.75, 3.05) is 19.1 Å². The van der Waals surface area contributed by atoms with Gasteiger partial charge in [-0.3, -0.25) is 9.59 Å². The van der Waals surface area contributed by atoms with Crippen LogP contribution in [0, 0.1) is 0 Å². The maximum absolute atomic E-state index is 11.5. The summed E-state index contributed by atoms with van der Waals surface area (Å²) in [5.74, 6) is -1.14. The Morgan fingerprint density at radius 3 is 2.59 bits per heavy atom. The monoisotopic (exact) mass is 257 g/mol. The number of carboxylic acids is 1. The molecule has 0 atom stereocenters. The molecular weight excluding hydrogens is 246 g/mol. The van der Waals surface area contributed by atoms with Crippen LogP contribution in [-0.2, 0) is 9.59 Å². The van der Waals surface area contributed by atoms with E-state index < -0.39 is 18.3 Å². The van der Waals surface area contributed by atoms with Crippen molar-refractivity contribution in [2.24, 2.45) is 0 Å². The molecule has 17 heavy (non-hydrogen) atoms. The highest BCUT2D eigenvalue weighted by Gasteiger charge is 2.17. The van der Waals surface area contributed by atoms with Gasteiger partial charge in [0.1, 0.15) is 12.2 Å². The summed E-state index contributed by atoms with van der Waals surface area (Å²) in [6.45, 7) is 0. The molecule has 1 N–H and O–H groups in total. The highest BCUT2D eigenvalue weighted by atomic mass is 35.5. The van der Waals surface area contributed by atoms with Crippen molar-refractivity contribution in [1.82, 2.24) is 0 Å². The highest BCUT2D eigenvalue weighted by Crippen LogP contribution is 2.29. The van der Waals surface area contributed by atoms with Crippen LogP contribution in [0.1, 0.15) is 6.42 Å². The number of carbonyl (C=O) groups excluding carboxylic acids is 1. The second-order valence-electron chi connectivity index (χ2n) is 3.34. The molecule has 0 fully saturated rings. The molecule has 0 saturated heterocycles. The number of methoxy groups -OCH3 is 1. The highest BCUT2D eigenvalue weighted by molar-refractivity contribution is 6.34. The van der Waals surface area contributed by atoms with Gasteiger partial charge in [0.2, 0.25) is 5.91 Å². The molecule has 0 radical (unpaired) electrons. The van der Waals surface area contributed by atoms with Crippen LogP contribution < -0.4 is 9.64 Å². The minimum Gasteiger partial charge on any atom is -0.497 e. The van der Waals surface area contributed by atoms with Crippen LogP contribution in [0.25, 0.3) is 0 Å². The van der Waals surface area contributed by atoms with Gasteiger partial charge < -0.3 is 14.7 Å². The number of rotatable bonds is 4. The van der Waals surface area contributed by atoms with Crippen LogP contribution in [0.4, 0.5) is 5.69 Å². The predicted octanol–water partition coefficient (Wildman–Crippen LogP) is 1.79. The lowest BCUT2D eigenvalue weighted by atomic mass is 10.2. The minimum absolute atomic E-state index is 0.325. The third-order valence-electron chi connectivity index (χ3n) is 2.19. The number of hydrogen-bond acceptors (Lipinski definition) is 3. The molecule has 0 aromatic heterocycles. The van der Waals surface area contributed by atoms with Gasteiger partial charge in [-0.2, -0.15) is 0 Å². The van der Waals surface area contributed by atoms with Crippen molar-refractivity contribution in [2.45, 2.75) is 6.42 Å². The molecule has 0 spiro atoms. The standard InChI is InChI=1S/C11H12ClNO4/c1-13(10(14)6-11(15)16)9-4-3-7(17-2)5-8(9)12/h3-5H,6H2,1-2H3,(H,15,16). The maximum atomic E-state index is 11.5. The van der Waals surface area contributed by atoms with Gasteiger partial charge in [0.15, 0.2) is 0 Å². The van der Waals surface area contributed by atoms with Crippen molar-refractivity contribution in [3.05, 3.63) is 23.2 Å². The van der Waals surface area contributed by atoms with E-state index in [2.05, 4.69) is 0 Å². The van der Waals surface area contributed by atoms with Crippen molar-refractivity contribution in [3.8, 4) is 5.75 Å². The Kier molecular flexibility index (Phi) is 4.34. The number of hydrogen-bond donors (Lipinski definition) is 1. The molecule has 0 aliphatic carbocycles. The summed E-state index contributed by atoms with van der Waals surface area (Å²) >= 11 is 5.96. The Morgan fingerprint density at radius 1 is 1.47 bits per heavy atom. The van der Waals surface area contributed by atoms with Gasteiger partial charge in [0.05, 0.1) is 17.8 Å². The van der Waals surface area contributed by atoms with E-state index in [4.69, 9.17) is 21.4 Å². The van der Waals surface area contributed by atoms with Crippen LogP contribution in [0.15, 0.2) is 18.2 Å². The number of amides is 1. The number of benzene rings is 1. The van der Waals surface area contributed by atoms with E-state index in [1.54, 1.807) is 18.2 Å². The second kappa shape index (κ2) is 5.54. The van der Waals surface area contributed by atoms with Crippen LogP contribution in [0.5, 0.6) is 5.75 Å². The van der Waals surface area contributed by atoms with Crippen molar-refractivity contribution in [3.63, 3.8) is 0 Å². The lowest BCUT2D eigenvalue weighted by Crippen LogP contribution is -2.28. The van der Waals surface area contributed by atoms with E-state index in [0.717, 1.165) is 0 Å². The van der Waals surface area contributed by atoms with Gasteiger partial charge in [0.25, 0.3) is 0 Å². The summed E-state index contributed by atoms with van der Waals surface area (Å²) in [5.41, 5.74) is 0.443. The summed E-state index contributed by atoms with van der Waals surface area (Å²) in [7, 11) is 2.98. The average Bonchev–Trinajstić information content (AvgIpc) is 2.27. The summed E-state index contributed by atoms with van der Waals surface area (Å²) in [6.07, 6.45) is -0.571. The van der Waals surface area contributed by atoms with E-state index >= 15 is 0 Å². The SMILES string of the molecule is COc1ccc(N(C)C(=O)CC(=O)O)c(Cl)c1. The first-order valence-corrected chi connectivity index (χ1v) is 5.15. The van der Waals surface area contributed by atoms with Gasteiger partial charge in [-0.05, 0) is 12.1 Å². The lowest BCUT2D eigenvalue weighted by Gasteiger charge is -2.18. The van der Waals surface area contributed by atoms with Crippen LogP contribution in [0.2, 0.25) is 5.02 Å². The van der Waals surface area contributed by atoms with Crippen molar-refractivity contribution < 1.29 is 19.4 Å². The molecule has 0 bridgehead atoms. The molecule has 0 heterocycles. The van der Waals surface area contributed by atoms with Crippen molar-refractivity contribution in [1.29, 1.82) is 0 Å². The third kappa shape index (κ3) is 3.35. The molecule has 0 unspecified atom stereocenters. The third-order valence-corrected chi connectivity index (χ3v) is 2.50. The molecule has 6 heteroatoms. The van der Waals surface area contributed by atoms with Crippen molar-refractivity contribution >= 4 is 29.2 Å². The van der Waals surface area contributed by atoms with E-state index in [9.17, 15) is 9.59 Å². The fourth-order valence-corrected chi connectivity index (χ4v) is 1.57. The average molecular weight is 258 g/mol. The molecule has 1 aromatic carbocycles. The Labute approximate surface area is 104 Å². The zero-order valence-electron chi connectivity index (χ0n) is 9.44. The zero-order valence-corrected chi connectivity index (χ0v) is 10.2. The van der Waals surface area contributed by atoms with Crippen LogP contribution in [-0.4, -0.2) is 31.1 Å². The Bertz CT molecular complexity index is 447. The Balaban J connectivity index is 2.92. The molecule has 0 aliphatic heterocycles. The molecule has 0 aliphatic rings. The topological polar surface area (TPSA) is 66.8 Å². The van der Waals surface area contributed by atoms with Gasteiger partial charge >= 0.3 is 5.97 Å². The Morgan fingerprint density at radius 2 is 2.12 bits per heavy atom. The number of halogens is 1. The number of anilines is 1. The first-order chi connectivity index (χ1) is 7.95. The fourth-order valence-electron chi connectivity index (χ4n) is 1.27. The van der Waals surface area contributed by atoms with Crippen LogP contribution >= 0.6 is 11.6 Å².